The summed E-state index contributed by atoms with van der Waals surface area (Å²) in [6.07, 6.45) is 1.11. The lowest BCUT2D eigenvalue weighted by molar-refractivity contribution is -0.898. The molecule has 0 bridgehead atoms. The summed E-state index contributed by atoms with van der Waals surface area (Å²) in [5.41, 5.74) is 1.46. The fourth-order valence-corrected chi connectivity index (χ4v) is 2.53. The zero-order valence-corrected chi connectivity index (χ0v) is 15.3. The summed E-state index contributed by atoms with van der Waals surface area (Å²) < 4.78 is 0. The molecule has 0 aromatic heterocycles. The maximum Gasteiger partial charge on any atom is 0.282 e. The first kappa shape index (κ1) is 20.1. The Morgan fingerprint density at radius 2 is 1.62 bits per heavy atom. The number of amides is 2. The normalized spacial score (nSPS) is 12.0. The Labute approximate surface area is 145 Å². The molecule has 0 fully saturated rings. The van der Waals surface area contributed by atoms with Crippen molar-refractivity contribution in [2.45, 2.75) is 40.2 Å². The van der Waals surface area contributed by atoms with Gasteiger partial charge in [0.25, 0.3) is 5.91 Å². The summed E-state index contributed by atoms with van der Waals surface area (Å²) in [5, 5.41) is 7.69. The molecule has 6 heteroatoms. The average Bonchev–Trinajstić information content (AvgIpc) is 2.56. The predicted octanol–water partition coefficient (Wildman–Crippen LogP) is -0.150. The maximum absolute atomic E-state index is 12.2. The van der Waals surface area contributed by atoms with E-state index >= 15 is 0 Å². The molecule has 0 heterocycles. The highest BCUT2D eigenvalue weighted by atomic mass is 16.2. The Morgan fingerprint density at radius 3 is 2.12 bits per heavy atom. The second kappa shape index (κ2) is 10.8. The topological polar surface area (TPSA) is 79.2 Å². The van der Waals surface area contributed by atoms with Crippen LogP contribution in [0.4, 0.5) is 11.4 Å². The minimum atomic E-state index is -0.119. The van der Waals surface area contributed by atoms with E-state index in [1.807, 2.05) is 6.92 Å². The highest BCUT2D eigenvalue weighted by molar-refractivity contribution is 5.94. The van der Waals surface area contributed by atoms with Crippen LogP contribution in [0.15, 0.2) is 24.3 Å². The molecular weight excluding hydrogens is 304 g/mol. The molecule has 1 aromatic carbocycles. The molecule has 0 spiro atoms. The van der Waals surface area contributed by atoms with E-state index in [1.54, 1.807) is 29.2 Å². The average molecular weight is 336 g/mol. The minimum absolute atomic E-state index is 0.00235. The predicted molar refractivity (Wildman–Crippen MR) is 97.2 cm³/mol. The van der Waals surface area contributed by atoms with Crippen LogP contribution in [0.25, 0.3) is 0 Å². The number of carbonyl (C=O) groups excluding carboxylic acids is 2. The molecular formula is C18H32N4O2+2. The quantitative estimate of drug-likeness (QED) is 0.449. The first-order valence-corrected chi connectivity index (χ1v) is 8.81. The van der Waals surface area contributed by atoms with Gasteiger partial charge in [-0.1, -0.05) is 0 Å². The van der Waals surface area contributed by atoms with Gasteiger partial charge in [0.1, 0.15) is 0 Å². The van der Waals surface area contributed by atoms with Crippen LogP contribution in [0.5, 0.6) is 0 Å². The second-order valence-electron chi connectivity index (χ2n) is 6.12. The molecule has 0 saturated carbocycles. The third kappa shape index (κ3) is 7.57. The maximum atomic E-state index is 12.2. The van der Waals surface area contributed by atoms with E-state index in [9.17, 15) is 9.59 Å². The Balaban J connectivity index is 2.34. The summed E-state index contributed by atoms with van der Waals surface area (Å²) in [6.45, 7) is 12.2. The van der Waals surface area contributed by atoms with E-state index in [-0.39, 0.29) is 17.9 Å². The van der Waals surface area contributed by atoms with Crippen LogP contribution < -0.4 is 20.9 Å². The number of quaternary nitrogens is 2. The molecule has 0 aliphatic heterocycles. The molecule has 1 aromatic rings. The molecule has 2 amide bonds. The molecule has 1 rings (SSSR count). The molecule has 5 N–H and O–H groups in total. The fraction of sp³-hybridized carbons (Fsp3) is 0.556. The number of anilines is 2. The minimum Gasteiger partial charge on any atom is -0.336 e. The summed E-state index contributed by atoms with van der Waals surface area (Å²) in [4.78, 5) is 24.8. The van der Waals surface area contributed by atoms with Gasteiger partial charge in [-0.15, -0.1) is 0 Å². The van der Waals surface area contributed by atoms with E-state index in [0.717, 1.165) is 44.0 Å². The summed E-state index contributed by atoms with van der Waals surface area (Å²) in [5.74, 6) is -0.112. The largest absolute Gasteiger partial charge is 0.336 e. The van der Waals surface area contributed by atoms with Gasteiger partial charge in [0.15, 0.2) is 6.04 Å². The second-order valence-corrected chi connectivity index (χ2v) is 6.12. The molecule has 1 atom stereocenters. The van der Waals surface area contributed by atoms with Crippen LogP contribution in [0.1, 0.15) is 34.1 Å². The van der Waals surface area contributed by atoms with Crippen molar-refractivity contribution in [3.63, 3.8) is 0 Å². The monoisotopic (exact) mass is 336 g/mol. The van der Waals surface area contributed by atoms with Crippen molar-refractivity contribution >= 4 is 23.2 Å². The molecule has 0 aliphatic carbocycles. The standard InChI is InChI=1S/C18H30N4O2/c1-5-22(6-2)13-7-12-19-14(3)18(24)21-17-10-8-16(9-11-17)20-15(4)23/h8-11,14,19H,5-7,12-13H2,1-4H3,(H,20,23)(H,21,24)/p+2/t14-/m1/s1. The van der Waals surface area contributed by atoms with Crippen LogP contribution in [-0.2, 0) is 9.59 Å². The highest BCUT2D eigenvalue weighted by Crippen LogP contribution is 2.13. The Morgan fingerprint density at radius 1 is 1.08 bits per heavy atom. The number of rotatable bonds is 10. The summed E-state index contributed by atoms with van der Waals surface area (Å²) in [6, 6.07) is 7.02. The molecule has 0 aliphatic rings. The number of hydrogen-bond acceptors (Lipinski definition) is 2. The van der Waals surface area contributed by atoms with Gasteiger partial charge in [0.2, 0.25) is 5.91 Å². The molecule has 0 saturated heterocycles. The fourth-order valence-electron chi connectivity index (χ4n) is 2.53. The zero-order valence-electron chi connectivity index (χ0n) is 15.3. The summed E-state index contributed by atoms with van der Waals surface area (Å²) in [7, 11) is 0. The number of nitrogens with two attached hydrogens (primary N) is 1. The Hall–Kier alpha value is -1.92. The lowest BCUT2D eigenvalue weighted by Gasteiger charge is -2.15. The Bertz CT molecular complexity index is 512. The lowest BCUT2D eigenvalue weighted by Crippen LogP contribution is -3.11. The van der Waals surface area contributed by atoms with Gasteiger partial charge >= 0.3 is 0 Å². The van der Waals surface area contributed by atoms with Gasteiger partial charge in [-0.25, -0.2) is 0 Å². The van der Waals surface area contributed by atoms with E-state index < -0.39 is 0 Å². The third-order valence-corrected chi connectivity index (χ3v) is 4.14. The van der Waals surface area contributed by atoms with Gasteiger partial charge in [-0.2, -0.15) is 0 Å². The van der Waals surface area contributed by atoms with Gasteiger partial charge < -0.3 is 20.9 Å². The first-order chi connectivity index (χ1) is 11.5. The third-order valence-electron chi connectivity index (χ3n) is 4.14. The van der Waals surface area contributed by atoms with Crippen molar-refractivity contribution in [3.8, 4) is 0 Å². The molecule has 0 unspecified atom stereocenters. The highest BCUT2D eigenvalue weighted by Gasteiger charge is 2.16. The van der Waals surface area contributed by atoms with Crippen LogP contribution in [-0.4, -0.2) is 44.0 Å². The van der Waals surface area contributed by atoms with Crippen molar-refractivity contribution in [2.75, 3.05) is 36.8 Å². The zero-order chi connectivity index (χ0) is 17.9. The molecule has 134 valence electrons. The first-order valence-electron chi connectivity index (χ1n) is 8.81. The van der Waals surface area contributed by atoms with Crippen molar-refractivity contribution in [1.82, 2.24) is 0 Å². The van der Waals surface area contributed by atoms with Gasteiger partial charge in [0, 0.05) is 24.7 Å². The van der Waals surface area contributed by atoms with E-state index in [4.69, 9.17) is 0 Å². The number of carbonyl (C=O) groups is 2. The number of benzene rings is 1. The van der Waals surface area contributed by atoms with Crippen molar-refractivity contribution in [3.05, 3.63) is 24.3 Å². The van der Waals surface area contributed by atoms with Crippen LogP contribution >= 0.6 is 0 Å². The van der Waals surface area contributed by atoms with Crippen LogP contribution in [0.2, 0.25) is 0 Å². The van der Waals surface area contributed by atoms with Crippen LogP contribution in [0.3, 0.4) is 0 Å². The SMILES string of the molecule is CC[NH+](CC)CCC[NH2+][C@H](C)C(=O)Nc1ccc(NC(C)=O)cc1. The number of hydrogen-bond donors (Lipinski definition) is 4. The summed E-state index contributed by atoms with van der Waals surface area (Å²) >= 11 is 0. The van der Waals surface area contributed by atoms with Crippen molar-refractivity contribution in [2.24, 2.45) is 0 Å². The van der Waals surface area contributed by atoms with E-state index in [0.29, 0.717) is 0 Å². The van der Waals surface area contributed by atoms with Gasteiger partial charge in [-0.05, 0) is 45.0 Å². The Kier molecular flexibility index (Phi) is 9.04. The number of nitrogens with one attached hydrogen (secondary N) is 3. The van der Waals surface area contributed by atoms with Crippen LogP contribution in [0, 0.1) is 0 Å². The van der Waals surface area contributed by atoms with E-state index in [1.165, 1.54) is 6.92 Å². The van der Waals surface area contributed by atoms with Gasteiger partial charge in [0.05, 0.1) is 26.2 Å². The molecule has 6 nitrogen and oxygen atoms in total. The van der Waals surface area contributed by atoms with E-state index in [2.05, 4.69) is 29.8 Å². The van der Waals surface area contributed by atoms with Crippen molar-refractivity contribution < 1.29 is 19.8 Å². The lowest BCUT2D eigenvalue weighted by atomic mass is 10.2. The van der Waals surface area contributed by atoms with Gasteiger partial charge in [-0.3, -0.25) is 9.59 Å². The molecule has 24 heavy (non-hydrogen) atoms. The van der Waals surface area contributed by atoms with Crippen molar-refractivity contribution in [1.29, 1.82) is 0 Å². The molecule has 0 radical (unpaired) electrons. The smallest absolute Gasteiger partial charge is 0.282 e.